The van der Waals surface area contributed by atoms with Gasteiger partial charge in [-0.1, -0.05) is 25.5 Å². The topological polar surface area (TPSA) is 66.9 Å². The molecule has 2 fully saturated rings. The number of nitrogens with zero attached hydrogens (tertiary/aromatic N) is 2. The van der Waals surface area contributed by atoms with E-state index in [9.17, 15) is 4.57 Å². The number of hydrogen-bond acceptors (Lipinski definition) is 3. The summed E-state index contributed by atoms with van der Waals surface area (Å²) in [6.45, 7) is 17.4. The van der Waals surface area contributed by atoms with Gasteiger partial charge in [-0.25, -0.2) is 10.2 Å². The Morgan fingerprint density at radius 2 is 1.61 bits per heavy atom. The molecule has 0 amide bonds. The Morgan fingerprint density at radius 3 is 2.25 bits per heavy atom. The van der Waals surface area contributed by atoms with Crippen LogP contribution in [0.15, 0.2) is 17.8 Å². The van der Waals surface area contributed by atoms with Crippen LogP contribution in [0.4, 0.5) is 0 Å². The highest BCUT2D eigenvalue weighted by Gasteiger charge is 2.59. The van der Waals surface area contributed by atoms with Crippen LogP contribution in [-0.2, 0) is 16.4 Å². The van der Waals surface area contributed by atoms with E-state index in [4.69, 9.17) is 11.6 Å². The molecule has 200 valence electrons. The van der Waals surface area contributed by atoms with Crippen molar-refractivity contribution in [2.24, 2.45) is 23.2 Å². The molecule has 0 radical (unpaired) electrons. The summed E-state index contributed by atoms with van der Waals surface area (Å²) in [5, 5.41) is 16.3. The molecule has 1 heterocycles. The summed E-state index contributed by atoms with van der Waals surface area (Å²) in [6, 6.07) is 0. The Morgan fingerprint density at radius 1 is 0.972 bits per heavy atom. The van der Waals surface area contributed by atoms with E-state index < -0.39 is 7.44 Å². The van der Waals surface area contributed by atoms with Crippen molar-refractivity contribution in [2.45, 2.75) is 122 Å². The highest BCUT2D eigenvalue weighted by atomic mass is 35.5. The van der Waals surface area contributed by atoms with Crippen LogP contribution >= 0.6 is 19.0 Å². The van der Waals surface area contributed by atoms with Crippen LogP contribution < -0.4 is 15.6 Å². The first-order chi connectivity index (χ1) is 16.6. The molecule has 0 aromatic carbocycles. The van der Waals surface area contributed by atoms with Crippen LogP contribution in [0.1, 0.15) is 105 Å². The van der Waals surface area contributed by atoms with Gasteiger partial charge in [-0.2, -0.15) is 5.10 Å². The van der Waals surface area contributed by atoms with Gasteiger partial charge in [-0.3, -0.25) is 4.57 Å². The molecular formula is C29H46ClN4OP. The fourth-order valence-electron chi connectivity index (χ4n) is 8.35. The zero-order chi connectivity index (χ0) is 26.3. The zero-order valence-electron chi connectivity index (χ0n) is 23.5. The molecule has 0 bridgehead atoms. The molecule has 5 rings (SSSR count). The highest BCUT2D eigenvalue weighted by Crippen LogP contribution is 2.64. The summed E-state index contributed by atoms with van der Waals surface area (Å²) in [4.78, 5) is 0. The molecule has 0 saturated heterocycles. The Kier molecular flexibility index (Phi) is 6.44. The monoisotopic (exact) mass is 532 g/mol. The van der Waals surface area contributed by atoms with E-state index >= 15 is 0 Å². The first-order valence-electron chi connectivity index (χ1n) is 13.9. The van der Waals surface area contributed by atoms with Crippen molar-refractivity contribution in [2.75, 3.05) is 0 Å². The first-order valence-corrected chi connectivity index (χ1v) is 16.1. The van der Waals surface area contributed by atoms with Gasteiger partial charge < -0.3 is 0 Å². The lowest BCUT2D eigenvalue weighted by molar-refractivity contribution is 0.000175. The molecule has 2 saturated carbocycles. The number of rotatable bonds is 3. The van der Waals surface area contributed by atoms with E-state index in [1.54, 1.807) is 5.57 Å². The second-order valence-electron chi connectivity index (χ2n) is 14.7. The molecular weight excluding hydrogens is 487 g/mol. The van der Waals surface area contributed by atoms with E-state index in [1.807, 2.05) is 6.20 Å². The molecule has 1 aromatic heterocycles. The first kappa shape index (κ1) is 26.9. The van der Waals surface area contributed by atoms with Gasteiger partial charge in [0.25, 0.3) is 7.44 Å². The van der Waals surface area contributed by atoms with Gasteiger partial charge in [0.15, 0.2) is 5.44 Å². The number of alkyl halides is 1. The van der Waals surface area contributed by atoms with E-state index in [0.29, 0.717) is 28.6 Å². The van der Waals surface area contributed by atoms with Gasteiger partial charge in [0.2, 0.25) is 0 Å². The van der Waals surface area contributed by atoms with Crippen LogP contribution in [-0.4, -0.2) is 26.7 Å². The lowest BCUT2D eigenvalue weighted by Gasteiger charge is -2.57. The third-order valence-corrected chi connectivity index (χ3v) is 12.9. The Labute approximate surface area is 223 Å². The lowest BCUT2D eigenvalue weighted by atomic mass is 9.48. The van der Waals surface area contributed by atoms with Crippen molar-refractivity contribution in [1.29, 1.82) is 0 Å². The smallest absolute Gasteiger partial charge is 0.261 e. The van der Waals surface area contributed by atoms with Crippen molar-refractivity contribution in [1.82, 2.24) is 20.4 Å². The van der Waals surface area contributed by atoms with Gasteiger partial charge in [-0.05, 0) is 126 Å². The normalized spacial score (nSPS) is 36.4. The fraction of sp³-hybridized carbons (Fsp3) is 0.793. The molecule has 0 aliphatic heterocycles. The van der Waals surface area contributed by atoms with Crippen molar-refractivity contribution in [3.05, 3.63) is 29.0 Å². The second kappa shape index (κ2) is 8.63. The summed E-state index contributed by atoms with van der Waals surface area (Å²) < 4.78 is 14.8. The molecule has 1 aromatic rings. The molecule has 5 nitrogen and oxygen atoms in total. The highest BCUT2D eigenvalue weighted by molar-refractivity contribution is 7.67. The van der Waals surface area contributed by atoms with Crippen LogP contribution in [0, 0.1) is 23.2 Å². The summed E-state index contributed by atoms with van der Waals surface area (Å²) in [7, 11) is -3.24. The summed E-state index contributed by atoms with van der Waals surface area (Å²) >= 11 is 6.60. The predicted octanol–water partition coefficient (Wildman–Crippen LogP) is 6.66. The summed E-state index contributed by atoms with van der Waals surface area (Å²) in [5.74, 6) is 1.86. The number of nitrogens with one attached hydrogen (secondary N) is 2. The predicted molar refractivity (Wildman–Crippen MR) is 150 cm³/mol. The Bertz CT molecular complexity index is 1100. The molecule has 0 spiro atoms. The maximum Gasteiger partial charge on any atom is 0.261 e. The minimum absolute atomic E-state index is 0.0397. The largest absolute Gasteiger partial charge is 0.282 e. The quantitative estimate of drug-likeness (QED) is 0.259. The average molecular weight is 533 g/mol. The van der Waals surface area contributed by atoms with E-state index in [2.05, 4.69) is 81.8 Å². The maximum absolute atomic E-state index is 14.8. The summed E-state index contributed by atoms with van der Waals surface area (Å²) in [6.07, 6.45) is 12.4. The van der Waals surface area contributed by atoms with Crippen LogP contribution in [0.2, 0.25) is 0 Å². The van der Waals surface area contributed by atoms with Crippen LogP contribution in [0.25, 0.3) is 0 Å². The number of aromatic nitrogens is 2. The van der Waals surface area contributed by atoms with Gasteiger partial charge >= 0.3 is 0 Å². The maximum atomic E-state index is 14.8. The minimum atomic E-state index is -3.24. The van der Waals surface area contributed by atoms with Gasteiger partial charge in [0.1, 0.15) is 0 Å². The second-order valence-corrected chi connectivity index (χ2v) is 17.4. The fourth-order valence-corrected chi connectivity index (χ4v) is 11.7. The zero-order valence-corrected chi connectivity index (χ0v) is 25.2. The molecule has 4 aliphatic carbocycles. The third kappa shape index (κ3) is 4.44. The lowest BCUT2D eigenvalue weighted by Crippen LogP contribution is -2.52. The minimum Gasteiger partial charge on any atom is -0.282 e. The number of halogens is 1. The van der Waals surface area contributed by atoms with Gasteiger partial charge in [-0.15, -0.1) is 16.7 Å². The van der Waals surface area contributed by atoms with Crippen LogP contribution in [0.3, 0.4) is 0 Å². The molecule has 2 N–H and O–H groups in total. The van der Waals surface area contributed by atoms with Crippen molar-refractivity contribution in [3.8, 4) is 0 Å². The molecule has 4 aliphatic rings. The third-order valence-electron chi connectivity index (χ3n) is 9.64. The van der Waals surface area contributed by atoms with E-state index in [0.717, 1.165) is 32.1 Å². The molecule has 1 unspecified atom stereocenters. The van der Waals surface area contributed by atoms with Crippen molar-refractivity contribution >= 4 is 24.5 Å². The van der Waals surface area contributed by atoms with Crippen molar-refractivity contribution in [3.63, 3.8) is 0 Å². The number of allylic oxidation sites excluding steroid dienone is 2. The SMILES string of the molecule is CC(C)(C)NP(=O)(NC(C)(C)C)c1nncc2c1[C@@]1(C)CC[C@H]3[C@@H](CC=C4CC(Cl)CC[C@@]43C)[C@@H]1C2. The number of hydrogen-bond donors (Lipinski definition) is 2. The molecule has 6 atom stereocenters. The number of fused-ring (bicyclic) bond motifs is 7. The van der Waals surface area contributed by atoms with E-state index in [1.165, 1.54) is 24.0 Å². The van der Waals surface area contributed by atoms with E-state index in [-0.39, 0.29) is 21.9 Å². The molecule has 7 heteroatoms. The van der Waals surface area contributed by atoms with Crippen LogP contribution in [0.5, 0.6) is 0 Å². The Balaban J connectivity index is 1.57. The van der Waals surface area contributed by atoms with Gasteiger partial charge in [0.05, 0.1) is 6.20 Å². The standard InChI is InChI=1S/C29H46ClN4OP/c1-26(2,3)33-36(35,34-27(4,5)6)25-24-18(17-31-32-25)15-23-21-10-9-19-16-20(30)11-13-28(19,7)22(21)12-14-29(23,24)8/h9,17,20-23H,10-16H2,1-8H3,(H2,33,34,35)/t20?,21-,22+,23+,28+,29+/m1/s1. The average Bonchev–Trinajstić information content (AvgIpc) is 3.04. The van der Waals surface area contributed by atoms with Gasteiger partial charge in [0, 0.05) is 16.5 Å². The Hall–Kier alpha value is -0.740. The summed E-state index contributed by atoms with van der Waals surface area (Å²) in [5.41, 5.74) is 4.30. The molecule has 36 heavy (non-hydrogen) atoms. The van der Waals surface area contributed by atoms with Crippen molar-refractivity contribution < 1.29 is 4.57 Å².